The Kier molecular flexibility index (Phi) is 3.38. The molecule has 5 heteroatoms. The van der Waals surface area contributed by atoms with Crippen LogP contribution in [0.4, 0.5) is 0 Å². The van der Waals surface area contributed by atoms with E-state index in [-0.39, 0.29) is 4.83 Å². The first kappa shape index (κ1) is 12.4. The fraction of sp³-hybridized carbons (Fsp3) is 0.500. The van der Waals surface area contributed by atoms with Gasteiger partial charge >= 0.3 is 0 Å². The summed E-state index contributed by atoms with van der Waals surface area (Å²) in [5.41, 5.74) is 1.97. The van der Waals surface area contributed by atoms with Crippen LogP contribution in [0.25, 0.3) is 11.5 Å². The van der Waals surface area contributed by atoms with Gasteiger partial charge in [0, 0.05) is 5.56 Å². The van der Waals surface area contributed by atoms with E-state index < -0.39 is 0 Å². The molecule has 92 valence electrons. The van der Waals surface area contributed by atoms with Gasteiger partial charge in [0.05, 0.1) is 10.4 Å². The van der Waals surface area contributed by atoms with Crippen molar-refractivity contribution in [1.29, 1.82) is 0 Å². The number of hydrogen-bond acceptors (Lipinski definition) is 4. The van der Waals surface area contributed by atoms with Crippen molar-refractivity contribution in [2.45, 2.75) is 38.9 Å². The molecule has 0 fully saturated rings. The second-order valence-electron chi connectivity index (χ2n) is 4.04. The van der Waals surface area contributed by atoms with Crippen molar-refractivity contribution in [3.63, 3.8) is 0 Å². The molecule has 17 heavy (non-hydrogen) atoms. The van der Waals surface area contributed by atoms with Gasteiger partial charge in [-0.1, -0.05) is 22.9 Å². The van der Waals surface area contributed by atoms with E-state index in [2.05, 4.69) is 33.1 Å². The van der Waals surface area contributed by atoms with Crippen molar-refractivity contribution in [3.8, 4) is 11.5 Å². The average Bonchev–Trinajstić information content (AvgIpc) is 2.85. The summed E-state index contributed by atoms with van der Waals surface area (Å²) in [4.78, 5) is 0.109. The Balaban J connectivity index is 2.43. The summed E-state index contributed by atoms with van der Waals surface area (Å²) in [6.45, 7) is 7.89. The van der Waals surface area contributed by atoms with E-state index in [0.29, 0.717) is 11.8 Å². The maximum atomic E-state index is 5.67. The highest BCUT2D eigenvalue weighted by Gasteiger charge is 2.20. The Morgan fingerprint density at radius 1 is 1.12 bits per heavy atom. The summed E-state index contributed by atoms with van der Waals surface area (Å²) in [5, 5.41) is 8.13. The highest BCUT2D eigenvalue weighted by atomic mass is 79.9. The van der Waals surface area contributed by atoms with Gasteiger partial charge in [-0.2, -0.15) is 0 Å². The third-order valence-corrected chi connectivity index (χ3v) is 3.88. The molecule has 0 saturated carbocycles. The molecule has 0 aliphatic heterocycles. The van der Waals surface area contributed by atoms with Crippen LogP contribution in [0.15, 0.2) is 8.83 Å². The number of rotatable bonds is 3. The molecule has 0 aliphatic rings. The zero-order valence-corrected chi connectivity index (χ0v) is 12.0. The van der Waals surface area contributed by atoms with Crippen LogP contribution in [-0.2, 0) is 0 Å². The predicted octanol–water partition coefficient (Wildman–Crippen LogP) is 4.10. The predicted molar refractivity (Wildman–Crippen MR) is 68.2 cm³/mol. The molecule has 0 spiro atoms. The Hall–Kier alpha value is -1.10. The van der Waals surface area contributed by atoms with Crippen molar-refractivity contribution in [3.05, 3.63) is 23.0 Å². The minimum absolute atomic E-state index is 0.109. The molecule has 0 aliphatic carbocycles. The molecular weight excluding hydrogens is 284 g/mol. The van der Waals surface area contributed by atoms with Crippen LogP contribution < -0.4 is 0 Å². The van der Waals surface area contributed by atoms with Crippen LogP contribution >= 0.6 is 15.9 Å². The monoisotopic (exact) mass is 298 g/mol. The lowest BCUT2D eigenvalue weighted by molar-refractivity contribution is 0.490. The molecule has 0 amide bonds. The lowest BCUT2D eigenvalue weighted by atomic mass is 10.1. The van der Waals surface area contributed by atoms with Crippen molar-refractivity contribution >= 4 is 15.9 Å². The van der Waals surface area contributed by atoms with Crippen LogP contribution in [0.1, 0.15) is 41.1 Å². The minimum atomic E-state index is 0.109. The van der Waals surface area contributed by atoms with E-state index in [0.717, 1.165) is 29.1 Å². The number of furan rings is 1. The van der Waals surface area contributed by atoms with E-state index in [1.54, 1.807) is 0 Å². The molecule has 2 aromatic rings. The second-order valence-corrected chi connectivity index (χ2v) is 5.14. The Bertz CT molecular complexity index is 531. The molecule has 1 atom stereocenters. The number of aromatic nitrogens is 2. The molecule has 0 saturated heterocycles. The molecule has 2 aromatic heterocycles. The molecule has 2 heterocycles. The van der Waals surface area contributed by atoms with Gasteiger partial charge in [-0.15, -0.1) is 10.2 Å². The summed E-state index contributed by atoms with van der Waals surface area (Å²) >= 11 is 3.49. The van der Waals surface area contributed by atoms with Gasteiger partial charge in [-0.25, -0.2) is 0 Å². The fourth-order valence-electron chi connectivity index (χ4n) is 1.75. The molecule has 4 nitrogen and oxygen atoms in total. The molecule has 1 unspecified atom stereocenters. The fourth-order valence-corrected chi connectivity index (χ4v) is 1.93. The van der Waals surface area contributed by atoms with Crippen molar-refractivity contribution in [1.82, 2.24) is 10.2 Å². The molecule has 0 bridgehead atoms. The third-order valence-electron chi connectivity index (χ3n) is 2.84. The van der Waals surface area contributed by atoms with Crippen LogP contribution in [0.2, 0.25) is 0 Å². The maximum Gasteiger partial charge on any atom is 0.251 e. The zero-order valence-electron chi connectivity index (χ0n) is 10.4. The zero-order chi connectivity index (χ0) is 12.6. The summed E-state index contributed by atoms with van der Waals surface area (Å²) in [6, 6.07) is 0. The van der Waals surface area contributed by atoms with Crippen LogP contribution in [0, 0.1) is 20.8 Å². The Morgan fingerprint density at radius 3 is 2.35 bits per heavy atom. The van der Waals surface area contributed by atoms with Crippen molar-refractivity contribution < 1.29 is 8.83 Å². The first-order valence-corrected chi connectivity index (χ1v) is 6.50. The normalized spacial score (nSPS) is 13.0. The summed E-state index contributed by atoms with van der Waals surface area (Å²) in [6.07, 6.45) is 0.907. The first-order valence-electron chi connectivity index (χ1n) is 5.59. The van der Waals surface area contributed by atoms with Gasteiger partial charge < -0.3 is 8.83 Å². The largest absolute Gasteiger partial charge is 0.466 e. The summed E-state index contributed by atoms with van der Waals surface area (Å²) < 4.78 is 11.2. The number of nitrogens with zero attached hydrogens (tertiary/aromatic N) is 2. The number of aryl methyl sites for hydroxylation is 2. The second kappa shape index (κ2) is 4.64. The lowest BCUT2D eigenvalue weighted by Gasteiger charge is -1.98. The SMILES string of the molecule is CCC(Br)c1nnc(-c2c(C)oc(C)c2C)o1. The molecule has 0 radical (unpaired) electrons. The molecular formula is C12H15BrN2O2. The third kappa shape index (κ3) is 2.16. The van der Waals surface area contributed by atoms with Gasteiger partial charge in [-0.3, -0.25) is 0 Å². The van der Waals surface area contributed by atoms with Gasteiger partial charge in [-0.05, 0) is 27.2 Å². The van der Waals surface area contributed by atoms with Gasteiger partial charge in [0.15, 0.2) is 0 Å². The highest BCUT2D eigenvalue weighted by Crippen LogP contribution is 2.33. The van der Waals surface area contributed by atoms with E-state index in [1.165, 1.54) is 0 Å². The van der Waals surface area contributed by atoms with Gasteiger partial charge in [0.2, 0.25) is 5.89 Å². The van der Waals surface area contributed by atoms with E-state index in [1.807, 2.05) is 20.8 Å². The van der Waals surface area contributed by atoms with E-state index >= 15 is 0 Å². The van der Waals surface area contributed by atoms with E-state index in [9.17, 15) is 0 Å². The highest BCUT2D eigenvalue weighted by molar-refractivity contribution is 9.09. The number of halogens is 1. The number of alkyl halides is 1. The summed E-state index contributed by atoms with van der Waals surface area (Å²) in [7, 11) is 0. The van der Waals surface area contributed by atoms with Gasteiger partial charge in [0.1, 0.15) is 11.5 Å². The molecule has 2 rings (SSSR count). The van der Waals surface area contributed by atoms with Crippen LogP contribution in [0.5, 0.6) is 0 Å². The quantitative estimate of drug-likeness (QED) is 0.801. The van der Waals surface area contributed by atoms with Crippen LogP contribution in [-0.4, -0.2) is 10.2 Å². The lowest BCUT2D eigenvalue weighted by Crippen LogP contribution is -1.86. The smallest absolute Gasteiger partial charge is 0.251 e. The summed E-state index contributed by atoms with van der Waals surface area (Å²) in [5.74, 6) is 2.85. The average molecular weight is 299 g/mol. The standard InChI is InChI=1S/C12H15BrN2O2/c1-5-9(13)11-14-15-12(17-11)10-6(2)7(3)16-8(10)4/h9H,5H2,1-4H3. The molecule has 0 N–H and O–H groups in total. The number of hydrogen-bond donors (Lipinski definition) is 0. The molecule has 0 aromatic carbocycles. The van der Waals surface area contributed by atoms with E-state index in [4.69, 9.17) is 8.83 Å². The Morgan fingerprint density at radius 2 is 1.82 bits per heavy atom. The van der Waals surface area contributed by atoms with Crippen molar-refractivity contribution in [2.75, 3.05) is 0 Å². The van der Waals surface area contributed by atoms with Crippen LogP contribution in [0.3, 0.4) is 0 Å². The Labute approximate surface area is 109 Å². The van der Waals surface area contributed by atoms with Crippen molar-refractivity contribution in [2.24, 2.45) is 0 Å². The first-order chi connectivity index (χ1) is 8.04. The van der Waals surface area contributed by atoms with Gasteiger partial charge in [0.25, 0.3) is 5.89 Å². The topological polar surface area (TPSA) is 52.1 Å². The maximum absolute atomic E-state index is 5.67. The minimum Gasteiger partial charge on any atom is -0.466 e.